The summed E-state index contributed by atoms with van der Waals surface area (Å²) in [6.45, 7) is 0.0280. The van der Waals surface area contributed by atoms with Crippen LogP contribution in [0.15, 0.2) is 0 Å². The molecule has 0 aromatic carbocycles. The fourth-order valence-electron chi connectivity index (χ4n) is 0.521. The van der Waals surface area contributed by atoms with Gasteiger partial charge in [0.1, 0.15) is 0 Å². The molecule has 3 N–H and O–H groups in total. The smallest absolute Gasteiger partial charge is 0.303 e. The number of carboxylic acid groups (broad SMARTS) is 1. The predicted molar refractivity (Wildman–Crippen MR) is 52.4 cm³/mol. The molecule has 0 aromatic rings. The van der Waals surface area contributed by atoms with Crippen molar-refractivity contribution in [2.45, 2.75) is 12.8 Å². The number of aliphatic carboxylic acids is 1. The maximum atomic E-state index is 10.8. The molecule has 0 fully saturated rings. The van der Waals surface area contributed by atoms with Gasteiger partial charge < -0.3 is 15.7 Å². The topological polar surface area (TPSA) is 95.5 Å². The van der Waals surface area contributed by atoms with Gasteiger partial charge in [-0.2, -0.15) is 0 Å². The minimum absolute atomic E-state index is 0.0280. The summed E-state index contributed by atoms with van der Waals surface area (Å²) in [5, 5.41) is 12.9. The van der Waals surface area contributed by atoms with Crippen molar-refractivity contribution in [1.29, 1.82) is 0 Å². The van der Waals surface area contributed by atoms with Crippen LogP contribution in [0.1, 0.15) is 12.8 Å². The maximum Gasteiger partial charge on any atom is 0.303 e. The minimum Gasteiger partial charge on any atom is -0.481 e. The second kappa shape index (κ2) is 6.63. The van der Waals surface area contributed by atoms with Gasteiger partial charge in [0.25, 0.3) is 3.91 Å². The Kier molecular flexibility index (Phi) is 6.20. The van der Waals surface area contributed by atoms with E-state index in [2.05, 4.69) is 10.6 Å². The van der Waals surface area contributed by atoms with Gasteiger partial charge >= 0.3 is 5.97 Å². The van der Waals surface area contributed by atoms with E-state index in [-0.39, 0.29) is 23.4 Å². The van der Waals surface area contributed by atoms with Gasteiger partial charge in [0.2, 0.25) is 5.91 Å². The quantitative estimate of drug-likeness (QED) is 0.290. The van der Waals surface area contributed by atoms with E-state index in [1.165, 1.54) is 22.6 Å². The average molecular weight is 300 g/mol. The predicted octanol–water partition coefficient (Wildman–Crippen LogP) is 0.0695. The Labute approximate surface area is 88.2 Å². The van der Waals surface area contributed by atoms with Crippen LogP contribution in [0.5, 0.6) is 0 Å². The van der Waals surface area contributed by atoms with Gasteiger partial charge in [-0.1, -0.05) is 0 Å². The van der Waals surface area contributed by atoms with Crippen molar-refractivity contribution in [2.75, 3.05) is 6.67 Å². The van der Waals surface area contributed by atoms with Crippen LogP contribution in [0.3, 0.4) is 0 Å². The van der Waals surface area contributed by atoms with Crippen LogP contribution in [0.25, 0.3) is 0 Å². The molecule has 0 heterocycles. The fourth-order valence-corrected chi connectivity index (χ4v) is 0.712. The number of carbonyl (C=O) groups excluding carboxylic acids is 2. The van der Waals surface area contributed by atoms with E-state index >= 15 is 0 Å². The summed E-state index contributed by atoms with van der Waals surface area (Å²) in [6.07, 6.45) is -0.281. The van der Waals surface area contributed by atoms with Crippen molar-refractivity contribution < 1.29 is 19.5 Å². The summed E-state index contributed by atoms with van der Waals surface area (Å²) >= 11 is 1.53. The van der Waals surface area contributed by atoms with Crippen LogP contribution >= 0.6 is 22.6 Å². The van der Waals surface area contributed by atoms with Crippen LogP contribution < -0.4 is 10.6 Å². The van der Waals surface area contributed by atoms with Crippen LogP contribution in [-0.4, -0.2) is 27.6 Å². The first kappa shape index (κ1) is 12.1. The number of rotatable bonds is 5. The van der Waals surface area contributed by atoms with Crippen molar-refractivity contribution in [1.82, 2.24) is 10.6 Å². The second-order valence-electron chi connectivity index (χ2n) is 2.12. The molecule has 0 unspecified atom stereocenters. The molecule has 7 heteroatoms. The normalized spacial score (nSPS) is 9.00. The number of hydrogen-bond donors (Lipinski definition) is 3. The fraction of sp³-hybridized carbons (Fsp3) is 0.500. The Morgan fingerprint density at radius 2 is 1.77 bits per heavy atom. The van der Waals surface area contributed by atoms with Crippen molar-refractivity contribution in [3.05, 3.63) is 0 Å². The Morgan fingerprint density at radius 1 is 1.15 bits per heavy atom. The molecular weight excluding hydrogens is 291 g/mol. The molecule has 0 saturated heterocycles. The molecule has 0 aromatic heterocycles. The van der Waals surface area contributed by atoms with E-state index in [1.54, 1.807) is 0 Å². The van der Waals surface area contributed by atoms with Crippen LogP contribution in [0.4, 0.5) is 4.79 Å². The zero-order valence-electron chi connectivity index (χ0n) is 6.67. The van der Waals surface area contributed by atoms with Gasteiger partial charge in [-0.15, -0.1) is 0 Å². The standard InChI is InChI=1S/C6H9IN2O4/c7-6(13)9-3-8-4(10)1-2-5(11)12/h1-3H2,(H,8,10)(H,9,13)(H,11,12). The van der Waals surface area contributed by atoms with Crippen LogP contribution in [0, 0.1) is 0 Å². The zero-order valence-corrected chi connectivity index (χ0v) is 8.83. The molecule has 2 amide bonds. The number of amides is 2. The van der Waals surface area contributed by atoms with E-state index < -0.39 is 11.9 Å². The molecule has 0 spiro atoms. The molecule has 13 heavy (non-hydrogen) atoms. The highest BCUT2D eigenvalue weighted by Gasteiger charge is 2.04. The number of nitrogens with one attached hydrogen (secondary N) is 2. The zero-order chi connectivity index (χ0) is 10.3. The average Bonchev–Trinajstić information content (AvgIpc) is 2.00. The largest absolute Gasteiger partial charge is 0.481 e. The van der Waals surface area contributed by atoms with Crippen molar-refractivity contribution in [3.63, 3.8) is 0 Å². The van der Waals surface area contributed by atoms with Gasteiger partial charge in [-0.3, -0.25) is 14.4 Å². The van der Waals surface area contributed by atoms with Crippen LogP contribution in [-0.2, 0) is 9.59 Å². The Hall–Kier alpha value is -0.860. The monoisotopic (exact) mass is 300 g/mol. The van der Waals surface area contributed by atoms with E-state index in [9.17, 15) is 14.4 Å². The highest BCUT2D eigenvalue weighted by molar-refractivity contribution is 14.1. The van der Waals surface area contributed by atoms with Gasteiger partial charge in [0.15, 0.2) is 0 Å². The second-order valence-corrected chi connectivity index (χ2v) is 3.10. The SMILES string of the molecule is O=C(O)CCC(=O)NCNC(=O)I. The lowest BCUT2D eigenvalue weighted by Gasteiger charge is -2.03. The van der Waals surface area contributed by atoms with Crippen molar-refractivity contribution in [3.8, 4) is 0 Å². The number of hydrogen-bond acceptors (Lipinski definition) is 3. The third-order valence-electron chi connectivity index (χ3n) is 1.08. The number of carboxylic acids is 1. The third kappa shape index (κ3) is 9.05. The van der Waals surface area contributed by atoms with E-state index in [4.69, 9.17) is 5.11 Å². The van der Waals surface area contributed by atoms with E-state index in [1.807, 2.05) is 0 Å². The molecule has 0 aliphatic heterocycles. The first-order chi connectivity index (χ1) is 6.02. The van der Waals surface area contributed by atoms with Gasteiger partial charge in [0.05, 0.1) is 13.1 Å². The van der Waals surface area contributed by atoms with E-state index in [0.29, 0.717) is 0 Å². The lowest BCUT2D eigenvalue weighted by Crippen LogP contribution is -2.34. The third-order valence-corrected chi connectivity index (χ3v) is 1.46. The first-order valence-electron chi connectivity index (χ1n) is 3.44. The number of halogens is 1. The Morgan fingerprint density at radius 3 is 2.23 bits per heavy atom. The summed E-state index contributed by atoms with van der Waals surface area (Å²) in [5.41, 5.74) is 0. The lowest BCUT2D eigenvalue weighted by molar-refractivity contribution is -0.138. The molecule has 0 aliphatic rings. The van der Waals surface area contributed by atoms with Crippen molar-refractivity contribution in [2.24, 2.45) is 0 Å². The molecule has 0 aliphatic carbocycles. The van der Waals surface area contributed by atoms with Crippen molar-refractivity contribution >= 4 is 38.4 Å². The number of carbonyl (C=O) groups is 3. The van der Waals surface area contributed by atoms with Crippen LogP contribution in [0.2, 0.25) is 0 Å². The Balaban J connectivity index is 3.41. The van der Waals surface area contributed by atoms with E-state index in [0.717, 1.165) is 0 Å². The highest BCUT2D eigenvalue weighted by atomic mass is 127. The molecular formula is C6H9IN2O4. The molecule has 74 valence electrons. The highest BCUT2D eigenvalue weighted by Crippen LogP contribution is 1.87. The minimum atomic E-state index is -1.02. The maximum absolute atomic E-state index is 10.8. The summed E-state index contributed by atoms with van der Waals surface area (Å²) < 4.78 is -0.281. The molecule has 6 nitrogen and oxygen atoms in total. The summed E-state index contributed by atoms with van der Waals surface area (Å²) in [6, 6.07) is 0. The Bertz CT molecular complexity index is 219. The molecule has 0 saturated carbocycles. The van der Waals surface area contributed by atoms with Gasteiger partial charge in [-0.25, -0.2) is 0 Å². The first-order valence-corrected chi connectivity index (χ1v) is 4.52. The molecule has 0 atom stereocenters. The molecule has 0 bridgehead atoms. The summed E-state index contributed by atoms with van der Waals surface area (Å²) in [4.78, 5) is 31.2. The summed E-state index contributed by atoms with van der Waals surface area (Å²) in [7, 11) is 0. The van der Waals surface area contributed by atoms with Gasteiger partial charge in [0, 0.05) is 29.0 Å². The molecule has 0 radical (unpaired) electrons. The lowest BCUT2D eigenvalue weighted by atomic mass is 10.3. The van der Waals surface area contributed by atoms with Gasteiger partial charge in [-0.05, 0) is 0 Å². The summed E-state index contributed by atoms with van der Waals surface area (Å²) in [5.74, 6) is -1.42. The molecule has 0 rings (SSSR count).